The maximum atomic E-state index is 6.28. The van der Waals surface area contributed by atoms with E-state index >= 15 is 0 Å². The van der Waals surface area contributed by atoms with Crippen LogP contribution in [0.5, 0.6) is 11.5 Å². The van der Waals surface area contributed by atoms with Gasteiger partial charge in [0.15, 0.2) is 11.5 Å². The topological polar surface area (TPSA) is 18.5 Å². The molecule has 2 nitrogen and oxygen atoms in total. The van der Waals surface area contributed by atoms with Crippen molar-refractivity contribution in [2.75, 3.05) is 6.79 Å². The summed E-state index contributed by atoms with van der Waals surface area (Å²) in [7, 11) is -1.73. The monoisotopic (exact) mass is 566 g/mol. The number of ether oxygens (including phenoxy) is 2. The van der Waals surface area contributed by atoms with E-state index < -0.39 is 15.8 Å². The van der Waals surface area contributed by atoms with E-state index in [-0.39, 0.29) is 6.79 Å². The third-order valence-corrected chi connectivity index (χ3v) is 12.3. The van der Waals surface area contributed by atoms with Crippen molar-refractivity contribution < 1.29 is 9.47 Å². The molecule has 0 fully saturated rings. The molecule has 0 unspecified atom stereocenters. The van der Waals surface area contributed by atoms with E-state index in [0.717, 1.165) is 11.5 Å². The maximum absolute atomic E-state index is 6.28. The molecule has 6 aromatic carbocycles. The number of hydrogen-bond donors (Lipinski definition) is 0. The van der Waals surface area contributed by atoms with Gasteiger partial charge in [-0.2, -0.15) is 0 Å². The lowest BCUT2D eigenvalue weighted by Crippen LogP contribution is -2.26. The first-order valence-electron chi connectivity index (χ1n) is 13.7. The minimum Gasteiger partial charge on any atom is -0.454 e. The van der Waals surface area contributed by atoms with Gasteiger partial charge in [0.2, 0.25) is 6.79 Å². The minimum absolute atomic E-state index is 0.237. The van der Waals surface area contributed by atoms with E-state index in [1.807, 2.05) is 0 Å². The smallest absolute Gasteiger partial charge is 0.231 e. The molecule has 1 aliphatic heterocycles. The fourth-order valence-electron chi connectivity index (χ4n) is 5.44. The number of fused-ring (bicyclic) bond motifs is 1. The molecule has 198 valence electrons. The Morgan fingerprint density at radius 2 is 0.854 bits per heavy atom. The normalized spacial score (nSPS) is 12.1. The zero-order valence-electron chi connectivity index (χ0n) is 22.4. The molecule has 6 aromatic rings. The number of rotatable bonds is 7. The van der Waals surface area contributed by atoms with E-state index in [2.05, 4.69) is 158 Å². The summed E-state index contributed by atoms with van der Waals surface area (Å²) in [6, 6.07) is 56.7. The molecular formula is C37H28O2P2. The molecule has 0 N–H and O–H groups in total. The van der Waals surface area contributed by atoms with Gasteiger partial charge in [-0.25, -0.2) is 0 Å². The molecule has 0 spiro atoms. The van der Waals surface area contributed by atoms with Crippen molar-refractivity contribution in [3.63, 3.8) is 0 Å². The summed E-state index contributed by atoms with van der Waals surface area (Å²) in [6.45, 7) is 0.237. The van der Waals surface area contributed by atoms with Crippen molar-refractivity contribution >= 4 is 47.7 Å². The third kappa shape index (κ3) is 5.07. The molecule has 41 heavy (non-hydrogen) atoms. The zero-order valence-corrected chi connectivity index (χ0v) is 24.2. The second-order valence-corrected chi connectivity index (χ2v) is 14.1. The summed E-state index contributed by atoms with van der Waals surface area (Å²) >= 11 is 0. The summed E-state index contributed by atoms with van der Waals surface area (Å²) in [6.07, 6.45) is 0. The molecule has 1 heterocycles. The molecule has 0 aromatic heterocycles. The van der Waals surface area contributed by atoms with Crippen LogP contribution in [0.1, 0.15) is 0 Å². The van der Waals surface area contributed by atoms with Crippen molar-refractivity contribution in [3.8, 4) is 22.6 Å². The van der Waals surface area contributed by atoms with Gasteiger partial charge < -0.3 is 9.47 Å². The van der Waals surface area contributed by atoms with Gasteiger partial charge in [0.1, 0.15) is 0 Å². The quantitative estimate of drug-likeness (QED) is 0.203. The van der Waals surface area contributed by atoms with Crippen molar-refractivity contribution in [3.05, 3.63) is 158 Å². The second-order valence-electron chi connectivity index (χ2n) is 9.73. The summed E-state index contributed by atoms with van der Waals surface area (Å²) in [5, 5.41) is 7.76. The predicted molar refractivity (Wildman–Crippen MR) is 175 cm³/mol. The van der Waals surface area contributed by atoms with Gasteiger partial charge in [-0.3, -0.25) is 0 Å². The number of hydrogen-bond acceptors (Lipinski definition) is 2. The van der Waals surface area contributed by atoms with Crippen LogP contribution in [0.15, 0.2) is 158 Å². The summed E-state index contributed by atoms with van der Waals surface area (Å²) in [5.74, 6) is 1.67. The van der Waals surface area contributed by atoms with Crippen LogP contribution >= 0.6 is 15.8 Å². The molecule has 0 saturated heterocycles. The Labute approximate surface area is 243 Å². The molecular weight excluding hydrogens is 538 g/mol. The van der Waals surface area contributed by atoms with E-state index in [4.69, 9.17) is 9.47 Å². The molecule has 0 bridgehead atoms. The van der Waals surface area contributed by atoms with E-state index in [0.29, 0.717) is 0 Å². The molecule has 4 heteroatoms. The third-order valence-electron chi connectivity index (χ3n) is 7.23. The lowest BCUT2D eigenvalue weighted by molar-refractivity contribution is 0.174. The Morgan fingerprint density at radius 1 is 0.390 bits per heavy atom. The predicted octanol–water partition coefficient (Wildman–Crippen LogP) is 6.60. The van der Waals surface area contributed by atoms with Crippen molar-refractivity contribution in [2.45, 2.75) is 0 Å². The van der Waals surface area contributed by atoms with Crippen LogP contribution in [0.2, 0.25) is 0 Å². The van der Waals surface area contributed by atoms with Crippen LogP contribution in [0, 0.1) is 0 Å². The Bertz CT molecular complexity index is 1680. The Morgan fingerprint density at radius 3 is 1.39 bits per heavy atom. The SMILES string of the molecule is c1ccc(P(c2ccccc2)c2ccccc2-c2ccc3c(c2P(c2ccccc2)c2ccccc2)OCO3)cc1. The first kappa shape index (κ1) is 25.7. The Hall–Kier alpha value is -4.22. The highest BCUT2D eigenvalue weighted by atomic mass is 31.1. The minimum atomic E-state index is -0.931. The zero-order chi connectivity index (χ0) is 27.4. The van der Waals surface area contributed by atoms with Crippen LogP contribution in [0.3, 0.4) is 0 Å². The van der Waals surface area contributed by atoms with Crippen LogP contribution in [-0.4, -0.2) is 6.79 Å². The highest BCUT2D eigenvalue weighted by Gasteiger charge is 2.31. The first-order valence-corrected chi connectivity index (χ1v) is 16.4. The van der Waals surface area contributed by atoms with Gasteiger partial charge in [-0.15, -0.1) is 0 Å². The summed E-state index contributed by atoms with van der Waals surface area (Å²) in [5.41, 5.74) is 2.43. The maximum Gasteiger partial charge on any atom is 0.231 e. The van der Waals surface area contributed by atoms with Gasteiger partial charge in [0.05, 0.1) is 0 Å². The largest absolute Gasteiger partial charge is 0.454 e. The highest BCUT2D eigenvalue weighted by molar-refractivity contribution is 7.81. The van der Waals surface area contributed by atoms with Crippen molar-refractivity contribution in [2.24, 2.45) is 0 Å². The van der Waals surface area contributed by atoms with Crippen molar-refractivity contribution in [1.82, 2.24) is 0 Å². The molecule has 0 aliphatic carbocycles. The van der Waals surface area contributed by atoms with Gasteiger partial charge in [0.25, 0.3) is 0 Å². The van der Waals surface area contributed by atoms with Crippen LogP contribution in [0.25, 0.3) is 11.1 Å². The van der Waals surface area contributed by atoms with Gasteiger partial charge in [-0.05, 0) is 65.6 Å². The lowest BCUT2D eigenvalue weighted by atomic mass is 10.0. The lowest BCUT2D eigenvalue weighted by Gasteiger charge is -2.27. The summed E-state index contributed by atoms with van der Waals surface area (Å²) in [4.78, 5) is 0. The molecule has 0 saturated carbocycles. The Balaban J connectivity index is 1.51. The molecule has 0 amide bonds. The molecule has 0 atom stereocenters. The van der Waals surface area contributed by atoms with Gasteiger partial charge in [-0.1, -0.05) is 146 Å². The fourth-order valence-corrected chi connectivity index (χ4v) is 10.5. The first-order chi connectivity index (χ1) is 20.4. The van der Waals surface area contributed by atoms with E-state index in [1.165, 1.54) is 43.0 Å². The molecule has 1 aliphatic rings. The van der Waals surface area contributed by atoms with Gasteiger partial charge in [0, 0.05) is 5.30 Å². The average Bonchev–Trinajstić information content (AvgIpc) is 3.53. The number of benzene rings is 6. The second kappa shape index (κ2) is 11.7. The molecule has 0 radical (unpaired) electrons. The van der Waals surface area contributed by atoms with Gasteiger partial charge >= 0.3 is 0 Å². The molecule has 7 rings (SSSR count). The summed E-state index contributed by atoms with van der Waals surface area (Å²) < 4.78 is 12.2. The van der Waals surface area contributed by atoms with Crippen LogP contribution in [0.4, 0.5) is 0 Å². The van der Waals surface area contributed by atoms with Crippen molar-refractivity contribution in [1.29, 1.82) is 0 Å². The van der Waals surface area contributed by atoms with E-state index in [1.54, 1.807) is 0 Å². The van der Waals surface area contributed by atoms with Crippen LogP contribution < -0.4 is 41.3 Å². The standard InChI is InChI=1S/C37H28O2P2/c1-5-15-28(16-6-1)40(29-17-7-2-8-18-29)35-24-14-13-23-32(35)33-25-26-34-36(39-27-38-34)37(33)41(30-19-9-3-10-20-30)31-21-11-4-12-22-31/h1-26H,27H2. The van der Waals surface area contributed by atoms with E-state index in [9.17, 15) is 0 Å². The average molecular weight is 567 g/mol. The Kier molecular flexibility index (Phi) is 7.35. The van der Waals surface area contributed by atoms with Crippen LogP contribution in [-0.2, 0) is 0 Å². The fraction of sp³-hybridized carbons (Fsp3) is 0.0270. The highest BCUT2D eigenvalue weighted by Crippen LogP contribution is 2.47.